The van der Waals surface area contributed by atoms with Crippen LogP contribution in [0.15, 0.2) is 24.3 Å². The molecule has 1 saturated carbocycles. The van der Waals surface area contributed by atoms with Gasteiger partial charge in [0.2, 0.25) is 5.79 Å². The molecule has 0 aromatic heterocycles. The summed E-state index contributed by atoms with van der Waals surface area (Å²) in [6.45, 7) is 3.57. The summed E-state index contributed by atoms with van der Waals surface area (Å²) in [7, 11) is 0. The zero-order chi connectivity index (χ0) is 16.0. The maximum Gasteiger partial charge on any atom is 0.340 e. The molecule has 118 valence electrons. The Morgan fingerprint density at radius 2 is 2.05 bits per heavy atom. The number of nitrogens with zero attached hydrogens (tertiary/aromatic N) is 1. The van der Waals surface area contributed by atoms with Crippen LogP contribution in [0.2, 0.25) is 0 Å². The van der Waals surface area contributed by atoms with E-state index in [1.165, 1.54) is 24.3 Å². The molecule has 0 N–H and O–H groups in total. The van der Waals surface area contributed by atoms with Gasteiger partial charge in [-0.3, -0.25) is 10.1 Å². The Kier molecular flexibility index (Phi) is 3.41. The number of nitro benzene ring substituents is 1. The second kappa shape index (κ2) is 5.03. The Morgan fingerprint density at radius 3 is 2.68 bits per heavy atom. The highest BCUT2D eigenvalue weighted by Crippen LogP contribution is 2.47. The van der Waals surface area contributed by atoms with E-state index < -0.39 is 22.5 Å². The van der Waals surface area contributed by atoms with E-state index >= 15 is 0 Å². The number of nitro groups is 1. The van der Waals surface area contributed by atoms with E-state index in [0.717, 1.165) is 12.8 Å². The maximum atomic E-state index is 12.3. The second-order valence-corrected chi connectivity index (χ2v) is 6.01. The van der Waals surface area contributed by atoms with Crippen molar-refractivity contribution in [2.45, 2.75) is 50.8 Å². The van der Waals surface area contributed by atoms with Gasteiger partial charge in [0.05, 0.1) is 10.5 Å². The minimum atomic E-state index is -1.05. The summed E-state index contributed by atoms with van der Waals surface area (Å²) in [5.41, 5.74) is 0.175. The average molecular weight is 307 g/mol. The first-order valence-electron chi connectivity index (χ1n) is 7.17. The summed E-state index contributed by atoms with van der Waals surface area (Å²) in [5, 5.41) is 10.6. The number of non-ortho nitro benzene ring substituents is 1. The van der Waals surface area contributed by atoms with E-state index in [9.17, 15) is 14.9 Å². The molecular weight excluding hydrogens is 290 g/mol. The largest absolute Gasteiger partial charge is 0.426 e. The highest BCUT2D eigenvalue weighted by Gasteiger charge is 2.58. The van der Waals surface area contributed by atoms with E-state index in [4.69, 9.17) is 14.2 Å². The van der Waals surface area contributed by atoms with Crippen molar-refractivity contribution < 1.29 is 23.9 Å². The molecule has 2 fully saturated rings. The minimum absolute atomic E-state index is 0.0740. The monoisotopic (exact) mass is 307 g/mol. The van der Waals surface area contributed by atoms with Crippen LogP contribution in [0, 0.1) is 10.1 Å². The smallest absolute Gasteiger partial charge is 0.340 e. The molecule has 0 amide bonds. The molecule has 7 nitrogen and oxygen atoms in total. The lowest BCUT2D eigenvalue weighted by atomic mass is 10.2. The highest BCUT2D eigenvalue weighted by atomic mass is 16.8. The van der Waals surface area contributed by atoms with Gasteiger partial charge in [-0.1, -0.05) is 0 Å². The molecule has 0 unspecified atom stereocenters. The van der Waals surface area contributed by atoms with Crippen molar-refractivity contribution in [3.63, 3.8) is 0 Å². The summed E-state index contributed by atoms with van der Waals surface area (Å²) in [6, 6.07) is 5.30. The van der Waals surface area contributed by atoms with E-state index in [1.807, 2.05) is 0 Å². The first-order chi connectivity index (χ1) is 10.3. The van der Waals surface area contributed by atoms with Gasteiger partial charge in [-0.05, 0) is 38.8 Å². The van der Waals surface area contributed by atoms with Crippen molar-refractivity contribution in [2.24, 2.45) is 0 Å². The molecule has 1 aromatic carbocycles. The van der Waals surface area contributed by atoms with Crippen LogP contribution in [-0.2, 0) is 14.2 Å². The van der Waals surface area contributed by atoms with E-state index in [-0.39, 0.29) is 17.4 Å². The number of carbonyl (C=O) groups excluding carboxylic acids is 1. The van der Waals surface area contributed by atoms with Gasteiger partial charge in [-0.15, -0.1) is 0 Å². The number of carbonyl (C=O) groups is 1. The number of ether oxygens (including phenoxy) is 3. The minimum Gasteiger partial charge on any atom is -0.426 e. The molecule has 0 bridgehead atoms. The lowest BCUT2D eigenvalue weighted by Gasteiger charge is -2.27. The Labute approximate surface area is 127 Å². The van der Waals surface area contributed by atoms with Gasteiger partial charge in [0.15, 0.2) is 5.79 Å². The number of fused-ring (bicyclic) bond motifs is 1. The van der Waals surface area contributed by atoms with Crippen molar-refractivity contribution in [1.82, 2.24) is 0 Å². The summed E-state index contributed by atoms with van der Waals surface area (Å²) < 4.78 is 17.2. The molecule has 0 radical (unpaired) electrons. The zero-order valence-electron chi connectivity index (χ0n) is 12.4. The van der Waals surface area contributed by atoms with Crippen molar-refractivity contribution in [2.75, 3.05) is 0 Å². The first-order valence-corrected chi connectivity index (χ1v) is 7.17. The Morgan fingerprint density at radius 1 is 1.36 bits per heavy atom. The van der Waals surface area contributed by atoms with E-state index in [2.05, 4.69) is 0 Å². The Bertz CT molecular complexity index is 611. The first kappa shape index (κ1) is 14.9. The second-order valence-electron chi connectivity index (χ2n) is 6.01. The quantitative estimate of drug-likeness (QED) is 0.484. The third kappa shape index (κ3) is 2.57. The van der Waals surface area contributed by atoms with Crippen LogP contribution in [0.3, 0.4) is 0 Å². The van der Waals surface area contributed by atoms with Gasteiger partial charge in [0.1, 0.15) is 6.10 Å². The SMILES string of the molecule is CC1(C)O[C@H]2CCC[C@]2(OC(=O)c2ccc([N+](=O)[O-])cc2)O1. The van der Waals surface area contributed by atoms with Crippen LogP contribution in [0.25, 0.3) is 0 Å². The predicted molar refractivity (Wildman–Crippen MR) is 75.1 cm³/mol. The number of benzene rings is 1. The number of esters is 1. The van der Waals surface area contributed by atoms with Gasteiger partial charge in [-0.2, -0.15) is 0 Å². The molecule has 2 aliphatic rings. The molecule has 1 aliphatic heterocycles. The molecule has 1 saturated heterocycles. The number of hydrogen-bond donors (Lipinski definition) is 0. The normalized spacial score (nSPS) is 29.1. The molecule has 1 aliphatic carbocycles. The summed E-state index contributed by atoms with van der Waals surface area (Å²) in [5.74, 6) is -2.41. The van der Waals surface area contributed by atoms with Crippen LogP contribution in [0.1, 0.15) is 43.5 Å². The van der Waals surface area contributed by atoms with Gasteiger partial charge >= 0.3 is 5.97 Å². The molecular formula is C15H17NO6. The summed E-state index contributed by atoms with van der Waals surface area (Å²) in [6.07, 6.45) is 1.94. The van der Waals surface area contributed by atoms with Crippen LogP contribution >= 0.6 is 0 Å². The van der Waals surface area contributed by atoms with Gasteiger partial charge < -0.3 is 14.2 Å². The highest BCUT2D eigenvalue weighted by molar-refractivity contribution is 5.90. The average Bonchev–Trinajstić information content (AvgIpc) is 2.90. The fourth-order valence-electron chi connectivity index (χ4n) is 3.04. The maximum absolute atomic E-state index is 12.3. The summed E-state index contributed by atoms with van der Waals surface area (Å²) >= 11 is 0. The van der Waals surface area contributed by atoms with Gasteiger partial charge in [-0.25, -0.2) is 4.79 Å². The van der Waals surface area contributed by atoms with Crippen LogP contribution in [0.4, 0.5) is 5.69 Å². The van der Waals surface area contributed by atoms with Crippen molar-refractivity contribution >= 4 is 11.7 Å². The van der Waals surface area contributed by atoms with Crippen LogP contribution in [-0.4, -0.2) is 28.6 Å². The third-order valence-corrected chi connectivity index (χ3v) is 3.91. The van der Waals surface area contributed by atoms with Crippen molar-refractivity contribution in [1.29, 1.82) is 0 Å². The third-order valence-electron chi connectivity index (χ3n) is 3.91. The molecule has 1 aromatic rings. The van der Waals surface area contributed by atoms with Crippen molar-refractivity contribution in [3.05, 3.63) is 39.9 Å². The standard InChI is InChI=1S/C15H17NO6/c1-14(2)20-12-4-3-9-15(12,22-14)21-13(17)10-5-7-11(8-6-10)16(18)19/h5-8,12H,3-4,9H2,1-2H3/t12-,15-/m0/s1. The van der Waals surface area contributed by atoms with Gasteiger partial charge in [0, 0.05) is 18.6 Å². The molecule has 0 spiro atoms. The van der Waals surface area contributed by atoms with Crippen LogP contribution < -0.4 is 0 Å². The van der Waals surface area contributed by atoms with Crippen LogP contribution in [0.5, 0.6) is 0 Å². The van der Waals surface area contributed by atoms with Gasteiger partial charge in [0.25, 0.3) is 5.69 Å². The number of rotatable bonds is 3. The summed E-state index contributed by atoms with van der Waals surface area (Å²) in [4.78, 5) is 22.4. The van der Waals surface area contributed by atoms with Crippen molar-refractivity contribution in [3.8, 4) is 0 Å². The fourth-order valence-corrected chi connectivity index (χ4v) is 3.04. The molecule has 22 heavy (non-hydrogen) atoms. The molecule has 7 heteroatoms. The van der Waals surface area contributed by atoms with E-state index in [0.29, 0.717) is 6.42 Å². The molecule has 2 atom stereocenters. The predicted octanol–water partition coefficient (Wildman–Crippen LogP) is 2.78. The lowest BCUT2D eigenvalue weighted by molar-refractivity contribution is -0.384. The Hall–Kier alpha value is -1.99. The topological polar surface area (TPSA) is 87.9 Å². The van der Waals surface area contributed by atoms with E-state index in [1.54, 1.807) is 13.8 Å². The molecule has 1 heterocycles. The Balaban J connectivity index is 1.77. The zero-order valence-corrected chi connectivity index (χ0v) is 12.4. The number of hydrogen-bond acceptors (Lipinski definition) is 6. The fraction of sp³-hybridized carbons (Fsp3) is 0.533. The molecule has 3 rings (SSSR count). The lowest BCUT2D eigenvalue weighted by Crippen LogP contribution is -2.41.